The number of hydrogen-bond acceptors (Lipinski definition) is 3. The van der Waals surface area contributed by atoms with E-state index in [-0.39, 0.29) is 6.61 Å². The van der Waals surface area contributed by atoms with Crippen LogP contribution in [0.3, 0.4) is 0 Å². The molecule has 0 aliphatic carbocycles. The van der Waals surface area contributed by atoms with Gasteiger partial charge in [0.2, 0.25) is 0 Å². The molecule has 20 heavy (non-hydrogen) atoms. The molecule has 1 N–H and O–H groups in total. The normalized spacial score (nSPS) is 14.3. The second kappa shape index (κ2) is 5.01. The predicted octanol–water partition coefficient (Wildman–Crippen LogP) is 2.68. The molecule has 0 spiro atoms. The molecule has 100 valence electrons. The second-order valence-corrected chi connectivity index (χ2v) is 4.54. The van der Waals surface area contributed by atoms with Gasteiger partial charge in [0.25, 0.3) is 0 Å². The molecule has 0 fully saturated rings. The topological polar surface area (TPSA) is 38.7 Å². The predicted molar refractivity (Wildman–Crippen MR) is 75.6 cm³/mol. The van der Waals surface area contributed by atoms with Gasteiger partial charge in [0.1, 0.15) is 18.1 Å². The highest BCUT2D eigenvalue weighted by Gasteiger charge is 2.38. The van der Waals surface area contributed by atoms with Crippen LogP contribution in [0.15, 0.2) is 48.5 Å². The molecule has 0 aromatic heterocycles. The maximum atomic E-state index is 11.1. The summed E-state index contributed by atoms with van der Waals surface area (Å²) in [5.74, 6) is 7.01. The Morgan fingerprint density at radius 1 is 1.05 bits per heavy atom. The van der Waals surface area contributed by atoms with E-state index in [9.17, 15) is 5.11 Å². The largest absolute Gasteiger partial charge is 0.456 e. The third kappa shape index (κ3) is 1.96. The molecule has 0 bridgehead atoms. The van der Waals surface area contributed by atoms with Crippen molar-refractivity contribution in [1.82, 2.24) is 0 Å². The van der Waals surface area contributed by atoms with Crippen molar-refractivity contribution in [3.8, 4) is 23.3 Å². The van der Waals surface area contributed by atoms with E-state index < -0.39 is 5.60 Å². The van der Waals surface area contributed by atoms with Crippen molar-refractivity contribution >= 4 is 0 Å². The monoisotopic (exact) mass is 266 g/mol. The Kier molecular flexibility index (Phi) is 3.19. The van der Waals surface area contributed by atoms with E-state index in [1.807, 2.05) is 48.5 Å². The first-order valence-corrected chi connectivity index (χ1v) is 6.34. The lowest BCUT2D eigenvalue weighted by Gasteiger charge is -2.31. The number of para-hydroxylation sites is 2. The van der Waals surface area contributed by atoms with Gasteiger partial charge in [-0.2, -0.15) is 0 Å². The van der Waals surface area contributed by atoms with Crippen LogP contribution in [0.4, 0.5) is 0 Å². The molecule has 1 aliphatic rings. The van der Waals surface area contributed by atoms with Crippen LogP contribution in [0.1, 0.15) is 11.1 Å². The third-order valence-electron chi connectivity index (χ3n) is 3.26. The highest BCUT2D eigenvalue weighted by molar-refractivity contribution is 5.59. The first kappa shape index (κ1) is 12.7. The standard InChI is InChI=1S/C17H14O3/c1-19-12-6-11-17(18)13-7-2-4-9-15(13)20-16-10-5-3-8-14(16)17/h2-5,7-10,18H,12H2,1H3. The average Bonchev–Trinajstić information content (AvgIpc) is 2.48. The van der Waals surface area contributed by atoms with Gasteiger partial charge in [-0.25, -0.2) is 0 Å². The van der Waals surface area contributed by atoms with Gasteiger partial charge in [0.15, 0.2) is 5.60 Å². The van der Waals surface area contributed by atoms with E-state index in [1.165, 1.54) is 0 Å². The Hall–Kier alpha value is -2.28. The van der Waals surface area contributed by atoms with Gasteiger partial charge in [0.05, 0.1) is 0 Å². The van der Waals surface area contributed by atoms with Crippen molar-refractivity contribution in [3.05, 3.63) is 59.7 Å². The summed E-state index contributed by atoms with van der Waals surface area (Å²) in [6.45, 7) is 0.271. The molecule has 3 nitrogen and oxygen atoms in total. The molecule has 0 amide bonds. The average molecular weight is 266 g/mol. The Morgan fingerprint density at radius 3 is 2.15 bits per heavy atom. The van der Waals surface area contributed by atoms with Crippen LogP contribution in [0.2, 0.25) is 0 Å². The van der Waals surface area contributed by atoms with Gasteiger partial charge in [-0.15, -0.1) is 0 Å². The van der Waals surface area contributed by atoms with Gasteiger partial charge in [-0.3, -0.25) is 0 Å². The van der Waals surface area contributed by atoms with E-state index >= 15 is 0 Å². The maximum Gasteiger partial charge on any atom is 0.184 e. The van der Waals surface area contributed by atoms with Crippen molar-refractivity contribution in [2.45, 2.75) is 5.60 Å². The molecular weight excluding hydrogens is 252 g/mol. The number of rotatable bonds is 1. The summed E-state index contributed by atoms with van der Waals surface area (Å²) in [5, 5.41) is 11.1. The molecule has 2 aromatic carbocycles. The smallest absolute Gasteiger partial charge is 0.184 e. The van der Waals surface area contributed by atoms with Crippen LogP contribution in [-0.4, -0.2) is 18.8 Å². The number of aliphatic hydroxyl groups is 1. The molecule has 1 heterocycles. The first-order valence-electron chi connectivity index (χ1n) is 6.34. The van der Waals surface area contributed by atoms with Crippen molar-refractivity contribution < 1.29 is 14.6 Å². The summed E-state index contributed by atoms with van der Waals surface area (Å²) < 4.78 is 10.8. The van der Waals surface area contributed by atoms with Gasteiger partial charge in [-0.05, 0) is 12.1 Å². The summed E-state index contributed by atoms with van der Waals surface area (Å²) in [5.41, 5.74) is -0.0612. The molecule has 3 heteroatoms. The zero-order valence-corrected chi connectivity index (χ0v) is 11.1. The summed E-state index contributed by atoms with van der Waals surface area (Å²) >= 11 is 0. The van der Waals surface area contributed by atoms with Crippen LogP contribution in [-0.2, 0) is 10.3 Å². The molecule has 0 unspecified atom stereocenters. The van der Waals surface area contributed by atoms with Crippen molar-refractivity contribution in [2.75, 3.05) is 13.7 Å². The molecule has 0 radical (unpaired) electrons. The Bertz CT molecular complexity index is 649. The van der Waals surface area contributed by atoms with Crippen molar-refractivity contribution in [1.29, 1.82) is 0 Å². The van der Waals surface area contributed by atoms with E-state index in [2.05, 4.69) is 11.8 Å². The Balaban J connectivity index is 2.20. The highest BCUT2D eigenvalue weighted by Crippen LogP contribution is 2.45. The van der Waals surface area contributed by atoms with Crippen LogP contribution >= 0.6 is 0 Å². The second-order valence-electron chi connectivity index (χ2n) is 4.54. The minimum atomic E-state index is -1.37. The molecular formula is C17H14O3. The molecule has 0 saturated carbocycles. The minimum absolute atomic E-state index is 0.271. The summed E-state index contributed by atoms with van der Waals surface area (Å²) in [6, 6.07) is 14.8. The van der Waals surface area contributed by atoms with Gasteiger partial charge in [-0.1, -0.05) is 48.2 Å². The number of hydrogen-bond donors (Lipinski definition) is 1. The fourth-order valence-electron chi connectivity index (χ4n) is 2.34. The number of ether oxygens (including phenoxy) is 2. The van der Waals surface area contributed by atoms with Gasteiger partial charge >= 0.3 is 0 Å². The minimum Gasteiger partial charge on any atom is -0.456 e. The highest BCUT2D eigenvalue weighted by atomic mass is 16.5. The molecule has 2 aromatic rings. The summed E-state index contributed by atoms with van der Waals surface area (Å²) in [7, 11) is 1.57. The summed E-state index contributed by atoms with van der Waals surface area (Å²) in [4.78, 5) is 0. The third-order valence-corrected chi connectivity index (χ3v) is 3.26. The molecule has 1 aliphatic heterocycles. The fraction of sp³-hybridized carbons (Fsp3) is 0.176. The van der Waals surface area contributed by atoms with Crippen molar-refractivity contribution in [2.24, 2.45) is 0 Å². The van der Waals surface area contributed by atoms with Gasteiger partial charge < -0.3 is 14.6 Å². The van der Waals surface area contributed by atoms with E-state index in [1.54, 1.807) is 7.11 Å². The van der Waals surface area contributed by atoms with Gasteiger partial charge in [0, 0.05) is 18.2 Å². The Labute approximate surface area is 117 Å². The zero-order chi connectivity index (χ0) is 14.0. The van der Waals surface area contributed by atoms with E-state index in [0.717, 1.165) is 0 Å². The van der Waals surface area contributed by atoms with Crippen LogP contribution < -0.4 is 4.74 Å². The lowest BCUT2D eigenvalue weighted by Crippen LogP contribution is -2.29. The molecule has 0 atom stereocenters. The lowest BCUT2D eigenvalue weighted by atomic mass is 9.84. The lowest BCUT2D eigenvalue weighted by molar-refractivity contribution is 0.130. The van der Waals surface area contributed by atoms with Crippen LogP contribution in [0.25, 0.3) is 0 Å². The molecule has 0 saturated heterocycles. The maximum absolute atomic E-state index is 11.1. The van der Waals surface area contributed by atoms with E-state index in [4.69, 9.17) is 9.47 Å². The quantitative estimate of drug-likeness (QED) is 0.806. The molecule has 3 rings (SSSR count). The number of benzene rings is 2. The number of fused-ring (bicyclic) bond motifs is 2. The van der Waals surface area contributed by atoms with Crippen LogP contribution in [0.5, 0.6) is 11.5 Å². The summed E-state index contributed by atoms with van der Waals surface area (Å²) in [6.07, 6.45) is 0. The van der Waals surface area contributed by atoms with Crippen LogP contribution in [0, 0.1) is 11.8 Å². The SMILES string of the molecule is COCC#CC1(O)c2ccccc2Oc2ccccc21. The number of methoxy groups -OCH3 is 1. The zero-order valence-electron chi connectivity index (χ0n) is 11.1. The first-order chi connectivity index (χ1) is 9.75. The van der Waals surface area contributed by atoms with Crippen molar-refractivity contribution in [3.63, 3.8) is 0 Å². The fourth-order valence-corrected chi connectivity index (χ4v) is 2.34. The Morgan fingerprint density at radius 2 is 1.60 bits per heavy atom. The van der Waals surface area contributed by atoms with E-state index in [0.29, 0.717) is 22.6 Å².